The van der Waals surface area contributed by atoms with Crippen LogP contribution < -0.4 is 4.74 Å². The Labute approximate surface area is 282 Å². The Balaban J connectivity index is 1.63. The van der Waals surface area contributed by atoms with Gasteiger partial charge < -0.3 is 52.1 Å². The highest BCUT2D eigenvalue weighted by atomic mass is 16.6. The van der Waals surface area contributed by atoms with E-state index in [0.29, 0.717) is 132 Å². The molecule has 0 aliphatic rings. The third-order valence-corrected chi connectivity index (χ3v) is 6.44. The lowest BCUT2D eigenvalue weighted by molar-refractivity contribution is -0.145. The standard InChI is InChI=1S/C35H62O12/c1-2-3-4-5-6-10-13-35(36)47-33-31-45-29-27-43-25-23-41-21-19-39-17-15-37-14-16-38-18-20-40-22-24-42-26-28-44-30-32-46-34-11-8-7-9-12-34/h7-9,11-12H,2-6,10,13-33H2,1H3. The maximum absolute atomic E-state index is 11.7. The van der Waals surface area contributed by atoms with Gasteiger partial charge in [0.05, 0.1) is 119 Å². The van der Waals surface area contributed by atoms with Crippen molar-refractivity contribution in [3.05, 3.63) is 30.3 Å². The first-order valence-electron chi connectivity index (χ1n) is 17.4. The summed E-state index contributed by atoms with van der Waals surface area (Å²) in [7, 11) is 0. The molecule has 0 spiro atoms. The summed E-state index contributed by atoms with van der Waals surface area (Å²) < 4.78 is 60.0. The van der Waals surface area contributed by atoms with Crippen molar-refractivity contribution in [1.29, 1.82) is 0 Å². The van der Waals surface area contributed by atoms with Gasteiger partial charge in [-0.2, -0.15) is 0 Å². The quantitative estimate of drug-likeness (QED) is 0.0726. The third kappa shape index (κ3) is 33.8. The van der Waals surface area contributed by atoms with Crippen LogP contribution in [0.5, 0.6) is 5.75 Å². The van der Waals surface area contributed by atoms with Crippen molar-refractivity contribution in [3.8, 4) is 5.75 Å². The van der Waals surface area contributed by atoms with Gasteiger partial charge in [0.25, 0.3) is 0 Å². The van der Waals surface area contributed by atoms with Crippen LogP contribution in [0, 0.1) is 0 Å². The second-order valence-corrected chi connectivity index (χ2v) is 10.4. The molecule has 0 heterocycles. The zero-order chi connectivity index (χ0) is 33.6. The summed E-state index contributed by atoms with van der Waals surface area (Å²) in [5.74, 6) is 0.700. The van der Waals surface area contributed by atoms with E-state index >= 15 is 0 Å². The van der Waals surface area contributed by atoms with Gasteiger partial charge in [-0.1, -0.05) is 57.2 Å². The molecule has 0 saturated carbocycles. The van der Waals surface area contributed by atoms with Gasteiger partial charge in [0.1, 0.15) is 19.0 Å². The number of hydrogen-bond acceptors (Lipinski definition) is 12. The molecular weight excluding hydrogens is 612 g/mol. The maximum atomic E-state index is 11.7. The molecule has 0 aliphatic carbocycles. The van der Waals surface area contributed by atoms with Gasteiger partial charge in [-0.3, -0.25) is 4.79 Å². The lowest BCUT2D eigenvalue weighted by atomic mass is 10.1. The molecule has 1 rings (SSSR count). The van der Waals surface area contributed by atoms with E-state index in [1.807, 2.05) is 30.3 Å². The lowest BCUT2D eigenvalue weighted by Crippen LogP contribution is -2.15. The first-order chi connectivity index (χ1) is 23.3. The molecule has 0 bridgehead atoms. The number of esters is 1. The highest BCUT2D eigenvalue weighted by Crippen LogP contribution is 2.08. The smallest absolute Gasteiger partial charge is 0.305 e. The van der Waals surface area contributed by atoms with Gasteiger partial charge >= 0.3 is 5.97 Å². The van der Waals surface area contributed by atoms with Gasteiger partial charge in [0, 0.05) is 6.42 Å². The molecule has 0 fully saturated rings. The molecule has 12 heteroatoms. The van der Waals surface area contributed by atoms with Crippen LogP contribution in [-0.2, 0) is 52.2 Å². The van der Waals surface area contributed by atoms with Crippen molar-refractivity contribution in [2.24, 2.45) is 0 Å². The van der Waals surface area contributed by atoms with E-state index < -0.39 is 0 Å². The van der Waals surface area contributed by atoms with Gasteiger partial charge in [0.2, 0.25) is 0 Å². The predicted molar refractivity (Wildman–Crippen MR) is 178 cm³/mol. The summed E-state index contributed by atoms with van der Waals surface area (Å²) in [6.45, 7) is 11.9. The monoisotopic (exact) mass is 674 g/mol. The molecule has 47 heavy (non-hydrogen) atoms. The van der Waals surface area contributed by atoms with Crippen LogP contribution in [0.1, 0.15) is 51.9 Å². The first kappa shape index (κ1) is 43.2. The number of ether oxygens (including phenoxy) is 11. The van der Waals surface area contributed by atoms with E-state index in [-0.39, 0.29) is 12.6 Å². The van der Waals surface area contributed by atoms with Crippen molar-refractivity contribution in [2.75, 3.05) is 132 Å². The molecular formula is C35H62O12. The van der Waals surface area contributed by atoms with E-state index in [9.17, 15) is 4.79 Å². The van der Waals surface area contributed by atoms with Gasteiger partial charge in [-0.25, -0.2) is 0 Å². The normalized spacial score (nSPS) is 11.3. The molecule has 0 amide bonds. The van der Waals surface area contributed by atoms with Gasteiger partial charge in [0.15, 0.2) is 0 Å². The Morgan fingerprint density at radius 3 is 1.17 bits per heavy atom. The fourth-order valence-electron chi connectivity index (χ4n) is 3.93. The summed E-state index contributed by atoms with van der Waals surface area (Å²) >= 11 is 0. The van der Waals surface area contributed by atoms with Crippen molar-refractivity contribution in [1.82, 2.24) is 0 Å². The van der Waals surface area contributed by atoms with E-state index in [4.69, 9.17) is 52.1 Å². The van der Waals surface area contributed by atoms with Gasteiger partial charge in [-0.05, 0) is 18.6 Å². The molecule has 0 atom stereocenters. The average Bonchev–Trinajstić information content (AvgIpc) is 3.09. The lowest BCUT2D eigenvalue weighted by Gasteiger charge is -2.09. The summed E-state index contributed by atoms with van der Waals surface area (Å²) in [6, 6.07) is 9.67. The van der Waals surface area contributed by atoms with Crippen LogP contribution in [0.3, 0.4) is 0 Å². The summed E-state index contributed by atoms with van der Waals surface area (Å²) in [6.07, 6.45) is 7.43. The summed E-state index contributed by atoms with van der Waals surface area (Å²) in [5.41, 5.74) is 0. The average molecular weight is 675 g/mol. The maximum Gasteiger partial charge on any atom is 0.305 e. The minimum Gasteiger partial charge on any atom is -0.491 e. The molecule has 274 valence electrons. The topological polar surface area (TPSA) is 119 Å². The van der Waals surface area contributed by atoms with Crippen molar-refractivity contribution in [3.63, 3.8) is 0 Å². The minimum atomic E-state index is -0.143. The fourth-order valence-corrected chi connectivity index (χ4v) is 3.93. The Kier molecular flexibility index (Phi) is 33.9. The summed E-state index contributed by atoms with van der Waals surface area (Å²) in [4.78, 5) is 11.7. The van der Waals surface area contributed by atoms with Crippen LogP contribution in [-0.4, -0.2) is 138 Å². The predicted octanol–water partition coefficient (Wildman–Crippen LogP) is 4.51. The molecule has 12 nitrogen and oxygen atoms in total. The molecule has 0 aromatic heterocycles. The van der Waals surface area contributed by atoms with Crippen molar-refractivity contribution < 1.29 is 56.9 Å². The number of carbonyl (C=O) groups excluding carboxylic acids is 1. The highest BCUT2D eigenvalue weighted by Gasteiger charge is 2.02. The summed E-state index contributed by atoms with van der Waals surface area (Å²) in [5, 5.41) is 0. The second-order valence-electron chi connectivity index (χ2n) is 10.4. The largest absolute Gasteiger partial charge is 0.491 e. The number of rotatable bonds is 38. The third-order valence-electron chi connectivity index (χ3n) is 6.44. The molecule has 0 N–H and O–H groups in total. The SMILES string of the molecule is CCCCCCCCC(=O)OCCOCCOCCOCCOCCOCCOCCOCCOCCOCCOc1ccccc1. The van der Waals surface area contributed by atoms with Crippen molar-refractivity contribution in [2.45, 2.75) is 51.9 Å². The van der Waals surface area contributed by atoms with Crippen molar-refractivity contribution >= 4 is 5.97 Å². The van der Waals surface area contributed by atoms with Crippen LogP contribution in [0.2, 0.25) is 0 Å². The number of unbranched alkanes of at least 4 members (excludes halogenated alkanes) is 5. The zero-order valence-electron chi connectivity index (χ0n) is 28.9. The minimum absolute atomic E-state index is 0.143. The molecule has 1 aromatic rings. The Hall–Kier alpha value is -1.87. The van der Waals surface area contributed by atoms with Crippen LogP contribution in [0.15, 0.2) is 30.3 Å². The number of hydrogen-bond donors (Lipinski definition) is 0. The van der Waals surface area contributed by atoms with Gasteiger partial charge in [-0.15, -0.1) is 0 Å². The number of benzene rings is 1. The zero-order valence-corrected chi connectivity index (χ0v) is 28.9. The van der Waals surface area contributed by atoms with E-state index in [0.717, 1.165) is 18.6 Å². The molecule has 1 aromatic carbocycles. The number of carbonyl (C=O) groups is 1. The van der Waals surface area contributed by atoms with E-state index in [1.165, 1.54) is 25.7 Å². The molecule has 0 radical (unpaired) electrons. The van der Waals surface area contributed by atoms with E-state index in [1.54, 1.807) is 0 Å². The van der Waals surface area contributed by atoms with Crippen LogP contribution in [0.4, 0.5) is 0 Å². The van der Waals surface area contributed by atoms with Crippen LogP contribution in [0.25, 0.3) is 0 Å². The van der Waals surface area contributed by atoms with Crippen LogP contribution >= 0.6 is 0 Å². The Bertz CT molecular complexity index is 755. The molecule has 0 unspecified atom stereocenters. The Morgan fingerprint density at radius 1 is 0.426 bits per heavy atom. The second kappa shape index (κ2) is 37.0. The number of para-hydroxylation sites is 1. The van der Waals surface area contributed by atoms with E-state index in [2.05, 4.69) is 6.92 Å². The highest BCUT2D eigenvalue weighted by molar-refractivity contribution is 5.69. The Morgan fingerprint density at radius 2 is 0.766 bits per heavy atom. The molecule has 0 aliphatic heterocycles. The molecule has 0 saturated heterocycles. The fraction of sp³-hybridized carbons (Fsp3) is 0.800. The first-order valence-corrected chi connectivity index (χ1v) is 17.4.